The molecule has 3 unspecified atom stereocenters. The summed E-state index contributed by atoms with van der Waals surface area (Å²) in [5, 5.41) is 16.6. The van der Waals surface area contributed by atoms with Gasteiger partial charge in [-0.3, -0.25) is 14.4 Å². The minimum absolute atomic E-state index is 0.0681. The largest absolute Gasteiger partial charge is 0.394 e. The van der Waals surface area contributed by atoms with Crippen LogP contribution in [-0.2, 0) is 19.1 Å². The highest BCUT2D eigenvalue weighted by molar-refractivity contribution is 6.05. The van der Waals surface area contributed by atoms with E-state index in [1.54, 1.807) is 4.90 Å². The number of para-hydroxylation sites is 2. The first-order valence-electron chi connectivity index (χ1n) is 14.4. The van der Waals surface area contributed by atoms with E-state index in [1.165, 1.54) is 0 Å². The molecule has 0 aromatic heterocycles. The third-order valence-electron chi connectivity index (χ3n) is 9.90. The smallest absolute Gasteiger partial charge is 0.250 e. The summed E-state index contributed by atoms with van der Waals surface area (Å²) in [7, 11) is 0. The number of carbonyl (C=O) groups excluding carboxylic acids is 3. The van der Waals surface area contributed by atoms with Crippen LogP contribution in [0.4, 0.5) is 11.4 Å². The molecule has 3 fully saturated rings. The second kappa shape index (κ2) is 10.3. The summed E-state index contributed by atoms with van der Waals surface area (Å²) in [6, 6.07) is 13.4. The zero-order valence-corrected chi connectivity index (χ0v) is 24.2. The van der Waals surface area contributed by atoms with Crippen molar-refractivity contribution in [1.82, 2.24) is 4.90 Å². The molecule has 8 heteroatoms. The lowest BCUT2D eigenvalue weighted by atomic mass is 9.62. The molecule has 3 saturated heterocycles. The number of nitrogens with zero attached hydrogens (tertiary/aromatic N) is 1. The molecule has 1 spiro atoms. The first kappa shape index (κ1) is 28.3. The molecule has 3 N–H and O–H groups in total. The van der Waals surface area contributed by atoms with Gasteiger partial charge in [0.25, 0.3) is 0 Å². The number of amides is 3. The van der Waals surface area contributed by atoms with Crippen LogP contribution in [0.5, 0.6) is 0 Å². The van der Waals surface area contributed by atoms with Crippen molar-refractivity contribution in [1.29, 1.82) is 0 Å². The van der Waals surface area contributed by atoms with Crippen LogP contribution >= 0.6 is 0 Å². The molecule has 3 aliphatic heterocycles. The van der Waals surface area contributed by atoms with Crippen LogP contribution in [0.3, 0.4) is 0 Å². The Labute approximate surface area is 236 Å². The number of likely N-dealkylation sites (tertiary alicyclic amines) is 1. The van der Waals surface area contributed by atoms with Crippen molar-refractivity contribution in [3.63, 3.8) is 0 Å². The second-order valence-electron chi connectivity index (χ2n) is 12.2. The SMILES string of the molecule is CC[C@H](C)[C@H](CO)N1C(=O)[C@@H]2[C@H](C(=O)Nc3ccccc3)[C@@]3(C)OC2(CC3C)C1C(=O)Nc1c(C)cccc1C. The van der Waals surface area contributed by atoms with Gasteiger partial charge in [0.05, 0.1) is 30.1 Å². The van der Waals surface area contributed by atoms with Crippen LogP contribution in [0.1, 0.15) is 51.7 Å². The quantitative estimate of drug-likeness (QED) is 0.457. The van der Waals surface area contributed by atoms with Crippen LogP contribution in [0.2, 0.25) is 0 Å². The number of carbonyl (C=O) groups is 3. The van der Waals surface area contributed by atoms with Crippen molar-refractivity contribution in [3.8, 4) is 0 Å². The predicted octanol–water partition coefficient (Wildman–Crippen LogP) is 4.30. The van der Waals surface area contributed by atoms with E-state index in [0.29, 0.717) is 24.2 Å². The molecule has 0 aliphatic carbocycles. The van der Waals surface area contributed by atoms with Gasteiger partial charge in [-0.15, -0.1) is 0 Å². The van der Waals surface area contributed by atoms with Gasteiger partial charge < -0.3 is 25.4 Å². The van der Waals surface area contributed by atoms with E-state index in [-0.39, 0.29) is 36.2 Å². The van der Waals surface area contributed by atoms with Gasteiger partial charge in [0.2, 0.25) is 17.7 Å². The predicted molar refractivity (Wildman–Crippen MR) is 154 cm³/mol. The fourth-order valence-electron chi connectivity index (χ4n) is 7.49. The fourth-order valence-corrected chi connectivity index (χ4v) is 7.49. The number of hydrogen-bond acceptors (Lipinski definition) is 5. The average molecular weight is 548 g/mol. The summed E-state index contributed by atoms with van der Waals surface area (Å²) >= 11 is 0. The van der Waals surface area contributed by atoms with Gasteiger partial charge in [-0.25, -0.2) is 0 Å². The summed E-state index contributed by atoms with van der Waals surface area (Å²) in [4.78, 5) is 44.3. The molecule has 5 rings (SSSR count). The van der Waals surface area contributed by atoms with Crippen molar-refractivity contribution in [3.05, 3.63) is 59.7 Å². The molecule has 2 bridgehead atoms. The molecule has 3 heterocycles. The molecular weight excluding hydrogens is 506 g/mol. The van der Waals surface area contributed by atoms with Crippen molar-refractivity contribution in [2.24, 2.45) is 23.7 Å². The summed E-state index contributed by atoms with van der Waals surface area (Å²) in [6.45, 7) is 11.5. The van der Waals surface area contributed by atoms with Gasteiger partial charge in [0.1, 0.15) is 11.6 Å². The van der Waals surface area contributed by atoms with Crippen LogP contribution in [0, 0.1) is 37.5 Å². The van der Waals surface area contributed by atoms with Crippen LogP contribution < -0.4 is 10.6 Å². The normalized spacial score (nSPS) is 32.1. The molecule has 2 aromatic rings. The molecule has 3 amide bonds. The van der Waals surface area contributed by atoms with Crippen molar-refractivity contribution < 1.29 is 24.2 Å². The standard InChI is InChI=1S/C32H41N3O5/c1-7-18(2)23(17-36)35-27(29(38)34-26-19(3)12-11-13-20(26)4)32-16-21(5)31(6,40-32)24(25(32)30(35)39)28(37)33-22-14-9-8-10-15-22/h8-15,18,21,23-25,27,36H,7,16-17H2,1-6H3,(H,33,37)(H,34,38)/t18-,21?,23-,24+,25-,27?,31-,32?/m0/s1. The Hall–Kier alpha value is -3.23. The zero-order chi connectivity index (χ0) is 29.0. The number of aliphatic hydroxyl groups is 1. The van der Waals surface area contributed by atoms with Crippen molar-refractivity contribution in [2.75, 3.05) is 17.2 Å². The first-order chi connectivity index (χ1) is 19.0. The highest BCUT2D eigenvalue weighted by Crippen LogP contribution is 2.65. The van der Waals surface area contributed by atoms with E-state index in [2.05, 4.69) is 10.6 Å². The van der Waals surface area contributed by atoms with Crippen LogP contribution in [0.15, 0.2) is 48.5 Å². The molecule has 8 atom stereocenters. The van der Waals surface area contributed by atoms with Gasteiger partial charge in [-0.05, 0) is 62.3 Å². The number of nitrogens with one attached hydrogen (secondary N) is 2. The van der Waals surface area contributed by atoms with Gasteiger partial charge in [0.15, 0.2) is 0 Å². The summed E-state index contributed by atoms with van der Waals surface area (Å²) in [6.07, 6.45) is 1.18. The Kier molecular flexibility index (Phi) is 7.29. The lowest BCUT2D eigenvalue weighted by Crippen LogP contribution is -2.57. The number of fused-ring (bicyclic) bond motifs is 1. The summed E-state index contributed by atoms with van der Waals surface area (Å²) in [5.74, 6) is -2.72. The van der Waals surface area contributed by atoms with E-state index in [4.69, 9.17) is 4.74 Å². The Morgan fingerprint density at radius 3 is 2.33 bits per heavy atom. The second-order valence-corrected chi connectivity index (χ2v) is 12.2. The first-order valence-corrected chi connectivity index (χ1v) is 14.4. The molecule has 3 aliphatic rings. The van der Waals surface area contributed by atoms with Crippen LogP contribution in [0.25, 0.3) is 0 Å². The molecule has 0 saturated carbocycles. The summed E-state index contributed by atoms with van der Waals surface area (Å²) < 4.78 is 6.83. The zero-order valence-electron chi connectivity index (χ0n) is 24.2. The van der Waals surface area contributed by atoms with E-state index >= 15 is 0 Å². The Morgan fingerprint density at radius 1 is 1.07 bits per heavy atom. The van der Waals surface area contributed by atoms with E-state index < -0.39 is 35.1 Å². The van der Waals surface area contributed by atoms with E-state index in [0.717, 1.165) is 11.1 Å². The summed E-state index contributed by atoms with van der Waals surface area (Å²) in [5.41, 5.74) is 1.06. The average Bonchev–Trinajstić information content (AvgIpc) is 3.44. The van der Waals surface area contributed by atoms with Gasteiger partial charge in [0, 0.05) is 11.4 Å². The number of aryl methyl sites for hydroxylation is 2. The molecule has 0 radical (unpaired) electrons. The number of benzene rings is 2. The molecular formula is C32H41N3O5. The highest BCUT2D eigenvalue weighted by Gasteiger charge is 2.80. The minimum Gasteiger partial charge on any atom is -0.394 e. The lowest BCUT2D eigenvalue weighted by molar-refractivity contribution is -0.149. The maximum absolute atomic E-state index is 14.5. The van der Waals surface area contributed by atoms with Gasteiger partial charge in [-0.1, -0.05) is 63.6 Å². The third-order valence-corrected chi connectivity index (χ3v) is 9.90. The maximum atomic E-state index is 14.5. The third kappa shape index (κ3) is 4.15. The number of hydrogen-bond donors (Lipinski definition) is 3. The Morgan fingerprint density at radius 2 is 1.73 bits per heavy atom. The molecule has 40 heavy (non-hydrogen) atoms. The van der Waals surface area contributed by atoms with Crippen LogP contribution in [-0.4, -0.2) is 57.6 Å². The number of rotatable bonds is 8. The van der Waals surface area contributed by atoms with E-state index in [1.807, 2.05) is 90.1 Å². The number of aliphatic hydroxyl groups excluding tert-OH is 1. The number of anilines is 2. The molecule has 8 nitrogen and oxygen atoms in total. The fraction of sp³-hybridized carbons (Fsp3) is 0.531. The van der Waals surface area contributed by atoms with Crippen molar-refractivity contribution in [2.45, 2.75) is 77.7 Å². The van der Waals surface area contributed by atoms with E-state index in [9.17, 15) is 19.5 Å². The molecule has 2 aromatic carbocycles. The highest BCUT2D eigenvalue weighted by atomic mass is 16.5. The van der Waals surface area contributed by atoms with Crippen molar-refractivity contribution >= 4 is 29.1 Å². The minimum atomic E-state index is -1.19. The molecule has 214 valence electrons. The lowest BCUT2D eigenvalue weighted by Gasteiger charge is -2.39. The van der Waals surface area contributed by atoms with Gasteiger partial charge in [-0.2, -0.15) is 0 Å². The Balaban J connectivity index is 1.61. The Bertz CT molecular complexity index is 1290. The maximum Gasteiger partial charge on any atom is 0.250 e. The number of ether oxygens (including phenoxy) is 1. The monoisotopic (exact) mass is 547 g/mol. The van der Waals surface area contributed by atoms with Gasteiger partial charge >= 0.3 is 0 Å². The topological polar surface area (TPSA) is 108 Å².